The van der Waals surface area contributed by atoms with E-state index < -0.39 is 5.56 Å². The number of nitrogen functional groups attached to an aromatic ring is 1. The van der Waals surface area contributed by atoms with Crippen LogP contribution < -0.4 is 16.6 Å². The lowest BCUT2D eigenvalue weighted by Gasteiger charge is -2.09. The van der Waals surface area contributed by atoms with Crippen LogP contribution in [0.2, 0.25) is 10.0 Å². The van der Waals surface area contributed by atoms with Crippen molar-refractivity contribution < 1.29 is 4.79 Å². The minimum Gasteiger partial charge on any atom is -0.379 e. The van der Waals surface area contributed by atoms with E-state index in [4.69, 9.17) is 28.9 Å². The minimum absolute atomic E-state index is 0.140. The summed E-state index contributed by atoms with van der Waals surface area (Å²) in [4.78, 5) is 30.2. The van der Waals surface area contributed by atoms with E-state index in [0.717, 1.165) is 16.9 Å². The van der Waals surface area contributed by atoms with Gasteiger partial charge in [-0.05, 0) is 23.8 Å². The first-order valence-electron chi connectivity index (χ1n) is 8.35. The highest BCUT2D eigenvalue weighted by atomic mass is 35.5. The van der Waals surface area contributed by atoms with E-state index >= 15 is 0 Å². The number of benzene rings is 1. The third-order valence-electron chi connectivity index (χ3n) is 4.18. The van der Waals surface area contributed by atoms with Crippen LogP contribution in [0.25, 0.3) is 10.3 Å². The van der Waals surface area contributed by atoms with E-state index in [9.17, 15) is 9.59 Å². The van der Waals surface area contributed by atoms with Crippen molar-refractivity contribution in [3.63, 3.8) is 0 Å². The van der Waals surface area contributed by atoms with Gasteiger partial charge in [0.15, 0.2) is 5.82 Å². The maximum atomic E-state index is 12.6. The van der Waals surface area contributed by atoms with Gasteiger partial charge in [0.1, 0.15) is 4.83 Å². The van der Waals surface area contributed by atoms with Crippen molar-refractivity contribution in [2.75, 3.05) is 11.1 Å². The average Bonchev–Trinajstić information content (AvgIpc) is 3.28. The molecule has 0 fully saturated rings. The summed E-state index contributed by atoms with van der Waals surface area (Å²) in [7, 11) is 1.75. The summed E-state index contributed by atoms with van der Waals surface area (Å²) in [6.07, 6.45) is 3.23. The first kappa shape index (κ1) is 19.4. The lowest BCUT2D eigenvalue weighted by atomic mass is 10.2. The second-order valence-corrected chi connectivity index (χ2v) is 8.14. The zero-order chi connectivity index (χ0) is 20.7. The Morgan fingerprint density at radius 2 is 2.07 bits per heavy atom. The summed E-state index contributed by atoms with van der Waals surface area (Å²) >= 11 is 13.2. The highest BCUT2D eigenvalue weighted by Gasteiger charge is 2.17. The van der Waals surface area contributed by atoms with E-state index in [1.807, 2.05) is 0 Å². The van der Waals surface area contributed by atoms with Gasteiger partial charge >= 0.3 is 0 Å². The fourth-order valence-corrected chi connectivity index (χ4v) is 4.08. The first-order chi connectivity index (χ1) is 13.8. The smallest absolute Gasteiger partial charge is 0.293 e. The van der Waals surface area contributed by atoms with Crippen LogP contribution >= 0.6 is 34.5 Å². The van der Waals surface area contributed by atoms with Gasteiger partial charge in [-0.3, -0.25) is 18.8 Å². The molecule has 0 aliphatic carbocycles. The van der Waals surface area contributed by atoms with Crippen molar-refractivity contribution in [2.24, 2.45) is 7.05 Å². The molecule has 148 valence electrons. The van der Waals surface area contributed by atoms with Gasteiger partial charge in [-0.15, -0.1) is 11.3 Å². The fraction of sp³-hybridized carbons (Fsp3) is 0.111. The summed E-state index contributed by atoms with van der Waals surface area (Å²) in [5, 5.41) is 7.59. The molecule has 8 nitrogen and oxygen atoms in total. The van der Waals surface area contributed by atoms with Gasteiger partial charge in [-0.1, -0.05) is 29.3 Å². The van der Waals surface area contributed by atoms with E-state index in [2.05, 4.69) is 15.4 Å². The number of nitrogens with one attached hydrogen (secondary N) is 1. The zero-order valence-electron chi connectivity index (χ0n) is 15.0. The van der Waals surface area contributed by atoms with Gasteiger partial charge in [0.25, 0.3) is 11.5 Å². The maximum Gasteiger partial charge on any atom is 0.293 e. The Bertz CT molecular complexity index is 1310. The van der Waals surface area contributed by atoms with Crippen molar-refractivity contribution in [1.29, 1.82) is 0 Å². The van der Waals surface area contributed by atoms with E-state index in [-0.39, 0.29) is 18.3 Å². The summed E-state index contributed by atoms with van der Waals surface area (Å²) < 4.78 is 3.05. The normalized spacial score (nSPS) is 11.1. The molecule has 1 aromatic carbocycles. The summed E-state index contributed by atoms with van der Waals surface area (Å²) in [6, 6.07) is 6.73. The summed E-state index contributed by atoms with van der Waals surface area (Å²) in [5.74, 6) is -0.466. The Morgan fingerprint density at radius 1 is 1.28 bits per heavy atom. The predicted octanol–water partition coefficient (Wildman–Crippen LogP) is 3.38. The number of thiophene rings is 1. The number of carbonyl (C=O) groups is 1. The van der Waals surface area contributed by atoms with Crippen LogP contribution in [0.15, 0.2) is 41.5 Å². The average molecular weight is 449 g/mol. The molecule has 0 aliphatic heterocycles. The Labute approximate surface area is 178 Å². The van der Waals surface area contributed by atoms with Crippen molar-refractivity contribution in [1.82, 2.24) is 19.3 Å². The molecule has 29 heavy (non-hydrogen) atoms. The molecule has 4 aromatic rings. The molecule has 0 spiro atoms. The minimum atomic E-state index is -0.444. The van der Waals surface area contributed by atoms with Gasteiger partial charge in [-0.25, -0.2) is 4.98 Å². The SMILES string of the molecule is Cn1cc(NC(=O)c2cc3c(nc(N)c(=O)n3Cc3ccc(Cl)c(Cl)c3)s2)cn1. The number of fused-ring (bicyclic) bond motifs is 1. The molecule has 3 N–H and O–H groups in total. The first-order valence-corrected chi connectivity index (χ1v) is 9.93. The molecule has 0 saturated heterocycles. The van der Waals surface area contributed by atoms with Gasteiger partial charge in [-0.2, -0.15) is 5.10 Å². The molecule has 1 amide bonds. The van der Waals surface area contributed by atoms with E-state index in [0.29, 0.717) is 31.0 Å². The number of hydrogen-bond donors (Lipinski definition) is 2. The van der Waals surface area contributed by atoms with Crippen LogP contribution in [0, 0.1) is 0 Å². The predicted molar refractivity (Wildman–Crippen MR) is 115 cm³/mol. The molecule has 3 heterocycles. The fourth-order valence-electron chi connectivity index (χ4n) is 2.82. The van der Waals surface area contributed by atoms with Crippen LogP contribution in [-0.2, 0) is 13.6 Å². The molecule has 0 unspecified atom stereocenters. The summed E-state index contributed by atoms with van der Waals surface area (Å²) in [6.45, 7) is 0.208. The molecule has 0 radical (unpaired) electrons. The standard InChI is InChI=1S/C18H14Cl2N6O2S/c1-25-8-10(6-22-25)23-16(27)14-5-13-17(29-14)24-15(21)18(28)26(13)7-9-2-3-11(19)12(20)4-9/h2-6,8H,7H2,1H3,(H2,21,24)(H,23,27). The highest BCUT2D eigenvalue weighted by Crippen LogP contribution is 2.27. The lowest BCUT2D eigenvalue weighted by molar-refractivity contribution is 0.103. The number of nitrogens with zero attached hydrogens (tertiary/aromatic N) is 4. The van der Waals surface area contributed by atoms with Crippen molar-refractivity contribution in [3.05, 3.63) is 67.5 Å². The molecule has 11 heteroatoms. The Kier molecular flexibility index (Phi) is 5.03. The second kappa shape index (κ2) is 7.51. The largest absolute Gasteiger partial charge is 0.379 e. The van der Waals surface area contributed by atoms with Crippen LogP contribution in [-0.4, -0.2) is 25.2 Å². The van der Waals surface area contributed by atoms with E-state index in [1.165, 1.54) is 4.57 Å². The number of carbonyl (C=O) groups excluding carboxylic acids is 1. The monoisotopic (exact) mass is 448 g/mol. The van der Waals surface area contributed by atoms with Crippen LogP contribution in [0.5, 0.6) is 0 Å². The maximum absolute atomic E-state index is 12.6. The van der Waals surface area contributed by atoms with E-state index in [1.54, 1.807) is 48.4 Å². The quantitative estimate of drug-likeness (QED) is 0.497. The zero-order valence-corrected chi connectivity index (χ0v) is 17.3. The number of amides is 1. The van der Waals surface area contributed by atoms with Gasteiger partial charge in [0.05, 0.1) is 38.9 Å². The number of halogens is 2. The Balaban J connectivity index is 1.73. The Hall–Kier alpha value is -2.88. The van der Waals surface area contributed by atoms with Crippen LogP contribution in [0.1, 0.15) is 15.2 Å². The topological polar surface area (TPSA) is 108 Å². The Morgan fingerprint density at radius 3 is 2.76 bits per heavy atom. The van der Waals surface area contributed by atoms with Gasteiger partial charge in [0.2, 0.25) is 0 Å². The summed E-state index contributed by atoms with van der Waals surface area (Å²) in [5.41, 5.74) is 7.21. The molecule has 4 rings (SSSR count). The number of aryl methyl sites for hydroxylation is 1. The molecule has 0 bridgehead atoms. The number of nitrogens with two attached hydrogens (primary N) is 1. The van der Waals surface area contributed by atoms with Crippen LogP contribution in [0.4, 0.5) is 11.5 Å². The van der Waals surface area contributed by atoms with Crippen molar-refractivity contribution in [3.8, 4) is 0 Å². The van der Waals surface area contributed by atoms with Crippen molar-refractivity contribution >= 4 is 62.3 Å². The third-order valence-corrected chi connectivity index (χ3v) is 5.94. The second-order valence-electron chi connectivity index (χ2n) is 6.29. The number of anilines is 2. The van der Waals surface area contributed by atoms with Crippen molar-refractivity contribution in [2.45, 2.75) is 6.54 Å². The molecule has 0 atom stereocenters. The van der Waals surface area contributed by atoms with Gasteiger partial charge < -0.3 is 11.1 Å². The molecular formula is C18H14Cl2N6O2S. The number of hydrogen-bond acceptors (Lipinski definition) is 6. The lowest BCUT2D eigenvalue weighted by Crippen LogP contribution is -2.24. The number of rotatable bonds is 4. The number of aromatic nitrogens is 4. The third kappa shape index (κ3) is 3.84. The molecular weight excluding hydrogens is 435 g/mol. The molecule has 0 aliphatic rings. The highest BCUT2D eigenvalue weighted by molar-refractivity contribution is 7.20. The molecule has 0 saturated carbocycles. The van der Waals surface area contributed by atoms with Gasteiger partial charge in [0, 0.05) is 13.2 Å². The van der Waals surface area contributed by atoms with Crippen LogP contribution in [0.3, 0.4) is 0 Å². The molecule has 3 aromatic heterocycles.